The van der Waals surface area contributed by atoms with Gasteiger partial charge in [-0.15, -0.1) is 6.16 Å². The Balaban J connectivity index is 2.72. The fraction of sp³-hybridized carbons (Fsp3) is 0.125. The zero-order chi connectivity index (χ0) is 14.4. The summed E-state index contributed by atoms with van der Waals surface area (Å²) in [5.41, 5.74) is 0. The molecule has 0 atom stereocenters. The predicted molar refractivity (Wildman–Crippen MR) is 84.1 cm³/mol. The molecular formula is C16H17NO2P-. The van der Waals surface area contributed by atoms with Crippen LogP contribution in [0, 0.1) is 6.92 Å². The van der Waals surface area contributed by atoms with E-state index >= 15 is 0 Å². The molecule has 20 heavy (non-hydrogen) atoms. The Bertz CT molecular complexity index is 580. The van der Waals surface area contributed by atoms with Crippen molar-refractivity contribution in [3.63, 3.8) is 0 Å². The largest absolute Gasteiger partial charge is 0.451 e. The number of rotatable bonds is 3. The van der Waals surface area contributed by atoms with Crippen molar-refractivity contribution in [2.24, 2.45) is 4.74 Å². The van der Waals surface area contributed by atoms with Crippen LogP contribution < -0.4 is 10.6 Å². The Hall–Kier alpha value is -1.86. The van der Waals surface area contributed by atoms with E-state index in [4.69, 9.17) is 4.74 Å². The molecule has 0 heterocycles. The summed E-state index contributed by atoms with van der Waals surface area (Å²) in [7, 11) is -0.868. The van der Waals surface area contributed by atoms with Crippen LogP contribution in [0.5, 0.6) is 0 Å². The van der Waals surface area contributed by atoms with Gasteiger partial charge < -0.3 is 11.7 Å². The zero-order valence-corrected chi connectivity index (χ0v) is 12.3. The first-order chi connectivity index (χ1) is 9.73. The van der Waals surface area contributed by atoms with Crippen LogP contribution in [0.15, 0.2) is 65.4 Å². The summed E-state index contributed by atoms with van der Waals surface area (Å²) in [6, 6.07) is 19.7. The van der Waals surface area contributed by atoms with Gasteiger partial charge in [0, 0.05) is 7.05 Å². The number of benzene rings is 2. The molecule has 0 aliphatic rings. The van der Waals surface area contributed by atoms with E-state index in [1.165, 1.54) is 7.11 Å². The highest BCUT2D eigenvalue weighted by molar-refractivity contribution is 7.81. The van der Waals surface area contributed by atoms with Crippen molar-refractivity contribution in [3.05, 3.63) is 67.6 Å². The van der Waals surface area contributed by atoms with Crippen molar-refractivity contribution in [3.8, 4) is 0 Å². The van der Waals surface area contributed by atoms with Crippen LogP contribution in [0.4, 0.5) is 4.79 Å². The zero-order valence-electron chi connectivity index (χ0n) is 11.4. The van der Waals surface area contributed by atoms with Gasteiger partial charge in [0.1, 0.15) is 0 Å². The molecule has 0 saturated carbocycles. The topological polar surface area (TPSA) is 38.7 Å². The molecule has 1 amide bonds. The fourth-order valence-corrected chi connectivity index (χ4v) is 4.94. The number of carbonyl (C=O) groups is 1. The predicted octanol–water partition coefficient (Wildman–Crippen LogP) is 3.44. The molecule has 0 spiro atoms. The lowest BCUT2D eigenvalue weighted by Crippen LogP contribution is -2.19. The Morgan fingerprint density at radius 1 is 1.05 bits per heavy atom. The van der Waals surface area contributed by atoms with E-state index < -0.39 is 13.1 Å². The molecule has 4 heteroatoms. The number of amides is 1. The van der Waals surface area contributed by atoms with Gasteiger partial charge in [0.2, 0.25) is 0 Å². The molecule has 0 aromatic heterocycles. The molecule has 2 aromatic rings. The molecule has 0 bridgehead atoms. The summed E-state index contributed by atoms with van der Waals surface area (Å²) >= 11 is 0. The summed E-state index contributed by atoms with van der Waals surface area (Å²) in [4.78, 5) is 11.7. The van der Waals surface area contributed by atoms with Crippen LogP contribution in [0.2, 0.25) is 0 Å². The number of hydrogen-bond acceptors (Lipinski definition) is 2. The van der Waals surface area contributed by atoms with Crippen molar-refractivity contribution in [2.75, 3.05) is 13.3 Å². The van der Waals surface area contributed by atoms with Gasteiger partial charge in [0.05, 0.1) is 7.11 Å². The molecule has 0 fully saturated rings. The first kappa shape index (κ1) is 14.5. The number of carbonyl (C=O) groups excluding carboxylic acids is 1. The minimum atomic E-state index is -2.22. The lowest BCUT2D eigenvalue weighted by Gasteiger charge is -2.26. The number of methoxy groups -OCH3 is 1. The van der Waals surface area contributed by atoms with Gasteiger partial charge >= 0.3 is 6.09 Å². The smallest absolute Gasteiger partial charge is 0.432 e. The summed E-state index contributed by atoms with van der Waals surface area (Å²) in [6.45, 7) is 4.05. The van der Waals surface area contributed by atoms with Crippen molar-refractivity contribution in [1.82, 2.24) is 0 Å². The van der Waals surface area contributed by atoms with E-state index in [9.17, 15) is 4.79 Å². The van der Waals surface area contributed by atoms with Gasteiger partial charge in [-0.25, -0.2) is 4.79 Å². The monoisotopic (exact) mass is 286 g/mol. The molecule has 0 saturated heterocycles. The van der Waals surface area contributed by atoms with Gasteiger partial charge in [-0.2, -0.15) is 4.74 Å². The molecule has 0 N–H and O–H groups in total. The fourth-order valence-electron chi connectivity index (χ4n) is 2.10. The summed E-state index contributed by atoms with van der Waals surface area (Å²) in [5, 5.41) is 2.07. The molecular weight excluding hydrogens is 269 g/mol. The van der Waals surface area contributed by atoms with E-state index in [0.717, 1.165) is 10.6 Å². The van der Waals surface area contributed by atoms with E-state index in [2.05, 4.69) is 11.7 Å². The van der Waals surface area contributed by atoms with E-state index in [0.29, 0.717) is 6.16 Å². The summed E-state index contributed by atoms with van der Waals surface area (Å²) in [6.07, 6.45) is -0.00876. The van der Waals surface area contributed by atoms with Crippen LogP contribution in [0.3, 0.4) is 0 Å². The van der Waals surface area contributed by atoms with Crippen LogP contribution >= 0.6 is 7.05 Å². The third kappa shape index (κ3) is 2.83. The highest BCUT2D eigenvalue weighted by Crippen LogP contribution is 2.46. The highest BCUT2D eigenvalue weighted by Gasteiger charge is 2.21. The molecule has 0 aliphatic heterocycles. The lowest BCUT2D eigenvalue weighted by atomic mass is 10.4. The van der Waals surface area contributed by atoms with Crippen LogP contribution in [-0.2, 0) is 4.74 Å². The van der Waals surface area contributed by atoms with Gasteiger partial charge in [-0.1, -0.05) is 60.7 Å². The quantitative estimate of drug-likeness (QED) is 0.640. The molecule has 104 valence electrons. The standard InChI is InChI=1S/C16H17NO2P/c1-3-20(17-16(18)19-2,14-10-6-4-7-11-14)15-12-8-5-9-13-15/h4-13H,1,3H2,2H3/q-1. The Kier molecular flexibility index (Phi) is 4.75. The molecule has 3 nitrogen and oxygen atoms in total. The first-order valence-corrected chi connectivity index (χ1v) is 8.25. The average molecular weight is 286 g/mol. The molecule has 0 radical (unpaired) electrons. The van der Waals surface area contributed by atoms with Crippen LogP contribution in [0.1, 0.15) is 0 Å². The lowest BCUT2D eigenvalue weighted by molar-refractivity contribution is 0.183. The Morgan fingerprint density at radius 3 is 1.85 bits per heavy atom. The Labute approximate surface area is 119 Å². The van der Waals surface area contributed by atoms with E-state index in [1.807, 2.05) is 60.7 Å². The SMILES string of the molecule is [CH2-]CP(=NC(=O)OC)(c1ccccc1)c1ccccc1. The minimum absolute atomic E-state index is 0.538. The second-order valence-electron chi connectivity index (χ2n) is 4.23. The number of ether oxygens (including phenoxy) is 1. The van der Waals surface area contributed by atoms with Crippen LogP contribution in [-0.4, -0.2) is 19.4 Å². The van der Waals surface area contributed by atoms with Gasteiger partial charge in [0.25, 0.3) is 0 Å². The van der Waals surface area contributed by atoms with Gasteiger partial charge in [-0.05, 0) is 10.6 Å². The minimum Gasteiger partial charge on any atom is -0.451 e. The maximum absolute atomic E-state index is 11.7. The molecule has 0 aliphatic carbocycles. The van der Waals surface area contributed by atoms with Crippen molar-refractivity contribution < 1.29 is 9.53 Å². The second-order valence-corrected chi connectivity index (χ2v) is 7.45. The number of nitrogens with zero attached hydrogens (tertiary/aromatic N) is 1. The number of hydrogen-bond donors (Lipinski definition) is 0. The second kappa shape index (κ2) is 6.53. The van der Waals surface area contributed by atoms with E-state index in [-0.39, 0.29) is 0 Å². The van der Waals surface area contributed by atoms with Gasteiger partial charge in [0.15, 0.2) is 0 Å². The van der Waals surface area contributed by atoms with Crippen molar-refractivity contribution in [1.29, 1.82) is 0 Å². The summed E-state index contributed by atoms with van der Waals surface area (Å²) in [5.74, 6) is 0. The third-order valence-corrected chi connectivity index (χ3v) is 6.57. The van der Waals surface area contributed by atoms with Crippen LogP contribution in [0.25, 0.3) is 0 Å². The normalized spacial score (nSPS) is 10.9. The average Bonchev–Trinajstić information content (AvgIpc) is 2.54. The van der Waals surface area contributed by atoms with Crippen molar-refractivity contribution in [2.45, 2.75) is 0 Å². The third-order valence-electron chi connectivity index (χ3n) is 3.12. The van der Waals surface area contributed by atoms with Crippen molar-refractivity contribution >= 4 is 23.8 Å². The highest BCUT2D eigenvalue weighted by atomic mass is 31.2. The molecule has 2 rings (SSSR count). The molecule has 0 unspecified atom stereocenters. The van der Waals surface area contributed by atoms with E-state index in [1.54, 1.807) is 0 Å². The van der Waals surface area contributed by atoms with Gasteiger partial charge in [-0.3, -0.25) is 0 Å². The Morgan fingerprint density at radius 2 is 1.50 bits per heavy atom. The summed E-state index contributed by atoms with van der Waals surface area (Å²) < 4.78 is 9.12. The molecule has 2 aromatic carbocycles. The maximum Gasteiger partial charge on any atom is 0.432 e. The first-order valence-electron chi connectivity index (χ1n) is 6.32. The maximum atomic E-state index is 11.7.